The van der Waals surface area contributed by atoms with Gasteiger partial charge in [0, 0.05) is 5.69 Å². The van der Waals surface area contributed by atoms with Crippen LogP contribution in [0.3, 0.4) is 0 Å². The van der Waals surface area contributed by atoms with Gasteiger partial charge in [-0.1, -0.05) is 30.3 Å². The number of amides is 3. The van der Waals surface area contributed by atoms with Crippen molar-refractivity contribution in [3.63, 3.8) is 0 Å². The highest BCUT2D eigenvalue weighted by atomic mass is 19.1. The predicted octanol–water partition coefficient (Wildman–Crippen LogP) is 4.20. The van der Waals surface area contributed by atoms with Gasteiger partial charge in [0.15, 0.2) is 0 Å². The molecular weight excluding hydrogens is 395 g/mol. The monoisotopic (exact) mass is 414 g/mol. The van der Waals surface area contributed by atoms with Gasteiger partial charge in [-0.05, 0) is 66.9 Å². The van der Waals surface area contributed by atoms with Crippen LogP contribution < -0.4 is 4.90 Å². The van der Waals surface area contributed by atoms with Crippen molar-refractivity contribution in [3.05, 3.63) is 100 Å². The molecule has 5 nitrogen and oxygen atoms in total. The van der Waals surface area contributed by atoms with Crippen LogP contribution in [0, 0.1) is 19.7 Å². The van der Waals surface area contributed by atoms with Gasteiger partial charge in [0.05, 0.1) is 17.2 Å². The topological polar surface area (TPSA) is 57.7 Å². The lowest BCUT2D eigenvalue weighted by atomic mass is 9.86. The molecule has 1 saturated heterocycles. The van der Waals surface area contributed by atoms with Crippen LogP contribution >= 0.6 is 0 Å². The molecular formula is C25H19FN2O3. The lowest BCUT2D eigenvalue weighted by molar-refractivity contribution is -0.130. The minimum atomic E-state index is -0.987. The van der Waals surface area contributed by atoms with Gasteiger partial charge in [0.1, 0.15) is 11.9 Å². The first-order chi connectivity index (χ1) is 14.9. The maximum Gasteiger partial charge on any atom is 0.262 e. The molecule has 0 saturated carbocycles. The number of anilines is 1. The molecule has 3 amide bonds. The van der Waals surface area contributed by atoms with Crippen molar-refractivity contribution in [2.45, 2.75) is 25.9 Å². The molecule has 0 N–H and O–H groups in total. The van der Waals surface area contributed by atoms with Crippen LogP contribution in [-0.2, 0) is 4.79 Å². The maximum atomic E-state index is 13.6. The van der Waals surface area contributed by atoms with Gasteiger partial charge in [0.2, 0.25) is 0 Å². The largest absolute Gasteiger partial charge is 0.300 e. The number of benzene rings is 3. The Bertz CT molecular complexity index is 1200. The van der Waals surface area contributed by atoms with Crippen molar-refractivity contribution in [2.24, 2.45) is 0 Å². The summed E-state index contributed by atoms with van der Waals surface area (Å²) in [5, 5.41) is 0. The number of hydrogen-bond acceptors (Lipinski definition) is 3. The van der Waals surface area contributed by atoms with E-state index in [2.05, 4.69) is 0 Å². The molecule has 2 aliphatic heterocycles. The highest BCUT2D eigenvalue weighted by Gasteiger charge is 2.57. The van der Waals surface area contributed by atoms with E-state index in [4.69, 9.17) is 0 Å². The van der Waals surface area contributed by atoms with Crippen LogP contribution in [0.5, 0.6) is 0 Å². The molecule has 2 heterocycles. The first kappa shape index (κ1) is 19.2. The van der Waals surface area contributed by atoms with Crippen molar-refractivity contribution in [3.8, 4) is 0 Å². The molecule has 2 atom stereocenters. The number of imide groups is 1. The molecule has 31 heavy (non-hydrogen) atoms. The number of β-lactam (4-membered cyclic amide) rings is 1. The van der Waals surface area contributed by atoms with Crippen LogP contribution in [-0.4, -0.2) is 28.7 Å². The summed E-state index contributed by atoms with van der Waals surface area (Å²) in [7, 11) is 0. The average Bonchev–Trinajstić information content (AvgIpc) is 2.98. The molecule has 5 rings (SSSR count). The van der Waals surface area contributed by atoms with Gasteiger partial charge in [-0.3, -0.25) is 19.3 Å². The van der Waals surface area contributed by atoms with E-state index in [1.54, 1.807) is 41.3 Å². The second-order valence-corrected chi connectivity index (χ2v) is 8.02. The van der Waals surface area contributed by atoms with E-state index in [9.17, 15) is 18.8 Å². The van der Waals surface area contributed by atoms with Gasteiger partial charge < -0.3 is 4.90 Å². The van der Waals surface area contributed by atoms with Crippen LogP contribution in [0.4, 0.5) is 10.1 Å². The van der Waals surface area contributed by atoms with Gasteiger partial charge in [-0.15, -0.1) is 0 Å². The molecule has 6 heteroatoms. The Morgan fingerprint density at radius 3 is 1.81 bits per heavy atom. The van der Waals surface area contributed by atoms with Gasteiger partial charge in [0.25, 0.3) is 17.7 Å². The zero-order chi connectivity index (χ0) is 21.9. The summed E-state index contributed by atoms with van der Waals surface area (Å²) in [5.74, 6) is -1.70. The van der Waals surface area contributed by atoms with Crippen molar-refractivity contribution in [1.82, 2.24) is 4.90 Å². The summed E-state index contributed by atoms with van der Waals surface area (Å²) in [4.78, 5) is 42.1. The fourth-order valence-corrected chi connectivity index (χ4v) is 4.55. The summed E-state index contributed by atoms with van der Waals surface area (Å²) in [5.41, 5.74) is 3.91. The molecule has 0 unspecified atom stereocenters. The zero-order valence-corrected chi connectivity index (χ0v) is 17.0. The smallest absolute Gasteiger partial charge is 0.262 e. The Kier molecular flexibility index (Phi) is 4.25. The van der Waals surface area contributed by atoms with Crippen LogP contribution in [0.1, 0.15) is 43.4 Å². The van der Waals surface area contributed by atoms with Gasteiger partial charge in [-0.2, -0.15) is 0 Å². The molecule has 0 spiro atoms. The standard InChI is InChI=1S/C25H19FN2O3/c1-14-11-15(2)13-18(12-14)27-21(16-7-9-17(26)10-8-16)22(25(27)31)28-23(29)19-5-3-4-6-20(19)24(28)30/h3-13,21-22H,1-2H3/t21-,22-/m1/s1. The van der Waals surface area contributed by atoms with E-state index in [1.165, 1.54) is 12.1 Å². The number of carbonyl (C=O) groups is 3. The van der Waals surface area contributed by atoms with E-state index in [0.29, 0.717) is 22.4 Å². The lowest BCUT2D eigenvalue weighted by Gasteiger charge is -2.50. The summed E-state index contributed by atoms with van der Waals surface area (Å²) < 4.78 is 13.6. The Morgan fingerprint density at radius 1 is 0.710 bits per heavy atom. The fraction of sp³-hybridized carbons (Fsp3) is 0.160. The molecule has 2 aliphatic rings. The van der Waals surface area contributed by atoms with E-state index in [-0.39, 0.29) is 5.91 Å². The number of carbonyl (C=O) groups excluding carboxylic acids is 3. The summed E-state index contributed by atoms with van der Waals surface area (Å²) in [6.45, 7) is 3.88. The van der Waals surface area contributed by atoms with Crippen LogP contribution in [0.15, 0.2) is 66.7 Å². The maximum absolute atomic E-state index is 13.6. The minimum absolute atomic E-state index is 0.294. The number of halogens is 1. The van der Waals surface area contributed by atoms with Crippen molar-refractivity contribution in [2.75, 3.05) is 4.90 Å². The summed E-state index contributed by atoms with van der Waals surface area (Å²) in [6.07, 6.45) is 0. The lowest BCUT2D eigenvalue weighted by Crippen LogP contribution is -2.67. The molecule has 0 aromatic heterocycles. The van der Waals surface area contributed by atoms with E-state index < -0.39 is 29.7 Å². The average molecular weight is 414 g/mol. The molecule has 0 radical (unpaired) electrons. The summed E-state index contributed by atoms with van der Waals surface area (Å²) in [6, 6.07) is 16.6. The van der Waals surface area contributed by atoms with Gasteiger partial charge in [-0.25, -0.2) is 4.39 Å². The van der Waals surface area contributed by atoms with Crippen LogP contribution in [0.2, 0.25) is 0 Å². The second kappa shape index (κ2) is 6.87. The van der Waals surface area contributed by atoms with Crippen molar-refractivity contribution >= 4 is 23.4 Å². The Hall–Kier alpha value is -3.80. The molecule has 0 bridgehead atoms. The number of rotatable bonds is 3. The molecule has 1 fully saturated rings. The molecule has 0 aliphatic carbocycles. The molecule has 3 aromatic carbocycles. The Balaban J connectivity index is 1.61. The molecule has 154 valence electrons. The van der Waals surface area contributed by atoms with Crippen molar-refractivity contribution < 1.29 is 18.8 Å². The first-order valence-electron chi connectivity index (χ1n) is 10.0. The van der Waals surface area contributed by atoms with E-state index in [1.807, 2.05) is 32.0 Å². The van der Waals surface area contributed by atoms with Crippen molar-refractivity contribution in [1.29, 1.82) is 0 Å². The fourth-order valence-electron chi connectivity index (χ4n) is 4.55. The second-order valence-electron chi connectivity index (χ2n) is 8.02. The third-order valence-electron chi connectivity index (χ3n) is 5.87. The summed E-state index contributed by atoms with van der Waals surface area (Å²) >= 11 is 0. The highest BCUT2D eigenvalue weighted by Crippen LogP contribution is 2.44. The van der Waals surface area contributed by atoms with Gasteiger partial charge >= 0.3 is 0 Å². The third kappa shape index (κ3) is 2.86. The Morgan fingerprint density at radius 2 is 1.26 bits per heavy atom. The SMILES string of the molecule is Cc1cc(C)cc(N2C(=O)[C@H](N3C(=O)c4ccccc4C3=O)[C@H]2c2ccc(F)cc2)c1. The van der Waals surface area contributed by atoms with E-state index >= 15 is 0 Å². The number of fused-ring (bicyclic) bond motifs is 1. The number of aryl methyl sites for hydroxylation is 2. The first-order valence-corrected chi connectivity index (χ1v) is 10.0. The highest BCUT2D eigenvalue weighted by molar-refractivity contribution is 6.24. The molecule has 3 aromatic rings. The minimum Gasteiger partial charge on any atom is -0.300 e. The Labute approximate surface area is 178 Å². The zero-order valence-electron chi connectivity index (χ0n) is 17.0. The number of nitrogens with zero attached hydrogens (tertiary/aromatic N) is 2. The third-order valence-corrected chi connectivity index (χ3v) is 5.87. The van der Waals surface area contributed by atoms with E-state index in [0.717, 1.165) is 16.0 Å². The normalized spacial score (nSPS) is 20.2. The predicted molar refractivity (Wildman–Crippen MR) is 113 cm³/mol. The quantitative estimate of drug-likeness (QED) is 0.477. The van der Waals surface area contributed by atoms with Crippen LogP contribution in [0.25, 0.3) is 0 Å². The number of hydrogen-bond donors (Lipinski definition) is 0.